The second kappa shape index (κ2) is 7.41. The number of hydrogen-bond donors (Lipinski definition) is 2. The van der Waals surface area contributed by atoms with Crippen LogP contribution >= 0.6 is 11.6 Å². The minimum Gasteiger partial charge on any atom is -0.396 e. The van der Waals surface area contributed by atoms with Crippen LogP contribution in [0.5, 0.6) is 0 Å². The predicted octanol–water partition coefficient (Wildman–Crippen LogP) is 2.42. The number of aliphatic hydroxyl groups excluding tert-OH is 1. The van der Waals surface area contributed by atoms with Gasteiger partial charge in [0.15, 0.2) is 0 Å². The minimum absolute atomic E-state index is 0.0780. The second-order valence-corrected chi connectivity index (χ2v) is 5.48. The van der Waals surface area contributed by atoms with Crippen LogP contribution in [0.3, 0.4) is 0 Å². The van der Waals surface area contributed by atoms with Gasteiger partial charge in [0.2, 0.25) is 5.91 Å². The number of nitrogens with one attached hydrogen (secondary N) is 1. The zero-order valence-corrected chi connectivity index (χ0v) is 12.0. The number of pyridine rings is 1. The Bertz CT molecular complexity index is 473. The summed E-state index contributed by atoms with van der Waals surface area (Å²) in [5.41, 5.74) is 0.826. The van der Waals surface area contributed by atoms with Gasteiger partial charge in [-0.15, -0.1) is 0 Å². The van der Waals surface area contributed by atoms with E-state index in [-0.39, 0.29) is 24.5 Å². The normalized spacial score (nSPS) is 22.9. The maximum absolute atomic E-state index is 11.9. The highest BCUT2D eigenvalue weighted by atomic mass is 35.5. The standard InChI is InChI=1S/C15H19ClN2O2/c16-14-7-5-11(9-17-14)6-8-15(20)18-13-4-2-1-3-12(13)10-19/h5-9,12-13,19H,1-4,10H2,(H,18,20)/b8-6+. The smallest absolute Gasteiger partial charge is 0.244 e. The molecule has 5 heteroatoms. The first kappa shape index (κ1) is 15.0. The third-order valence-electron chi connectivity index (χ3n) is 3.65. The molecule has 1 aromatic heterocycles. The van der Waals surface area contributed by atoms with Crippen LogP contribution in [-0.2, 0) is 4.79 Å². The summed E-state index contributed by atoms with van der Waals surface area (Å²) in [6.45, 7) is 0.135. The van der Waals surface area contributed by atoms with Gasteiger partial charge in [-0.3, -0.25) is 4.79 Å². The Hall–Kier alpha value is -1.39. The van der Waals surface area contributed by atoms with Crippen molar-refractivity contribution < 1.29 is 9.90 Å². The van der Waals surface area contributed by atoms with E-state index in [9.17, 15) is 9.90 Å². The lowest BCUT2D eigenvalue weighted by Gasteiger charge is -2.30. The van der Waals surface area contributed by atoms with E-state index in [0.717, 1.165) is 31.2 Å². The van der Waals surface area contributed by atoms with Crippen LogP contribution in [0.25, 0.3) is 6.08 Å². The largest absolute Gasteiger partial charge is 0.396 e. The zero-order valence-electron chi connectivity index (χ0n) is 11.3. The van der Waals surface area contributed by atoms with Gasteiger partial charge in [0.05, 0.1) is 0 Å². The molecule has 0 saturated heterocycles. The lowest BCUT2D eigenvalue weighted by atomic mass is 9.85. The van der Waals surface area contributed by atoms with Crippen molar-refractivity contribution in [3.8, 4) is 0 Å². The zero-order chi connectivity index (χ0) is 14.4. The maximum Gasteiger partial charge on any atom is 0.244 e. The molecule has 20 heavy (non-hydrogen) atoms. The van der Waals surface area contributed by atoms with E-state index in [0.29, 0.717) is 5.15 Å². The summed E-state index contributed by atoms with van der Waals surface area (Å²) in [6.07, 6.45) is 8.96. The number of aliphatic hydroxyl groups is 1. The van der Waals surface area contributed by atoms with Crippen LogP contribution in [0.1, 0.15) is 31.2 Å². The number of carbonyl (C=O) groups is 1. The molecule has 1 heterocycles. The van der Waals surface area contributed by atoms with Crippen molar-refractivity contribution in [2.24, 2.45) is 5.92 Å². The molecular weight excluding hydrogens is 276 g/mol. The van der Waals surface area contributed by atoms with Crippen LogP contribution in [0, 0.1) is 5.92 Å². The van der Waals surface area contributed by atoms with E-state index in [2.05, 4.69) is 10.3 Å². The summed E-state index contributed by atoms with van der Waals surface area (Å²) in [5.74, 6) is 0.0450. The fourth-order valence-corrected chi connectivity index (χ4v) is 2.62. The summed E-state index contributed by atoms with van der Waals surface area (Å²) >= 11 is 5.70. The van der Waals surface area contributed by atoms with E-state index in [1.54, 1.807) is 24.4 Å². The summed E-state index contributed by atoms with van der Waals surface area (Å²) in [7, 11) is 0. The first-order valence-electron chi connectivity index (χ1n) is 6.90. The Morgan fingerprint density at radius 1 is 1.45 bits per heavy atom. The molecule has 0 spiro atoms. The van der Waals surface area contributed by atoms with Crippen LogP contribution in [0.4, 0.5) is 0 Å². The molecule has 1 aromatic rings. The molecule has 1 amide bonds. The van der Waals surface area contributed by atoms with E-state index < -0.39 is 0 Å². The summed E-state index contributed by atoms with van der Waals surface area (Å²) in [6, 6.07) is 3.56. The van der Waals surface area contributed by atoms with Crippen molar-refractivity contribution in [3.63, 3.8) is 0 Å². The summed E-state index contributed by atoms with van der Waals surface area (Å²) < 4.78 is 0. The molecule has 2 N–H and O–H groups in total. The van der Waals surface area contributed by atoms with Gasteiger partial charge < -0.3 is 10.4 Å². The Morgan fingerprint density at radius 3 is 2.95 bits per heavy atom. The van der Waals surface area contributed by atoms with Crippen molar-refractivity contribution >= 4 is 23.6 Å². The summed E-state index contributed by atoms with van der Waals surface area (Å²) in [4.78, 5) is 15.8. The molecule has 0 radical (unpaired) electrons. The molecular formula is C15H19ClN2O2. The fraction of sp³-hybridized carbons (Fsp3) is 0.467. The monoisotopic (exact) mass is 294 g/mol. The molecule has 1 aliphatic carbocycles. The molecule has 0 aromatic carbocycles. The van der Waals surface area contributed by atoms with Gasteiger partial charge in [-0.25, -0.2) is 4.98 Å². The highest BCUT2D eigenvalue weighted by molar-refractivity contribution is 6.29. The molecule has 1 saturated carbocycles. The number of aromatic nitrogens is 1. The van der Waals surface area contributed by atoms with Crippen LogP contribution in [0.2, 0.25) is 5.15 Å². The van der Waals surface area contributed by atoms with E-state index in [4.69, 9.17) is 11.6 Å². The molecule has 0 bridgehead atoms. The topological polar surface area (TPSA) is 62.2 Å². The number of hydrogen-bond acceptors (Lipinski definition) is 3. The van der Waals surface area contributed by atoms with Crippen molar-refractivity contribution in [1.29, 1.82) is 0 Å². The maximum atomic E-state index is 11.9. The van der Waals surface area contributed by atoms with Gasteiger partial charge >= 0.3 is 0 Å². The molecule has 108 valence electrons. The van der Waals surface area contributed by atoms with Gasteiger partial charge in [0.25, 0.3) is 0 Å². The van der Waals surface area contributed by atoms with E-state index in [1.165, 1.54) is 6.08 Å². The predicted molar refractivity (Wildman–Crippen MR) is 79.3 cm³/mol. The molecule has 1 fully saturated rings. The number of amides is 1. The molecule has 2 atom stereocenters. The number of nitrogens with zero attached hydrogens (tertiary/aromatic N) is 1. The highest BCUT2D eigenvalue weighted by Crippen LogP contribution is 2.23. The fourth-order valence-electron chi connectivity index (χ4n) is 2.50. The first-order valence-corrected chi connectivity index (χ1v) is 7.28. The van der Waals surface area contributed by atoms with Gasteiger partial charge in [0, 0.05) is 30.8 Å². The Kier molecular flexibility index (Phi) is 5.56. The van der Waals surface area contributed by atoms with Gasteiger partial charge in [-0.05, 0) is 30.5 Å². The molecule has 4 nitrogen and oxygen atoms in total. The molecule has 0 aliphatic heterocycles. The molecule has 1 aliphatic rings. The molecule has 2 rings (SSSR count). The number of halogens is 1. The highest BCUT2D eigenvalue weighted by Gasteiger charge is 2.25. The van der Waals surface area contributed by atoms with E-state index >= 15 is 0 Å². The van der Waals surface area contributed by atoms with E-state index in [1.807, 2.05) is 0 Å². The first-order chi connectivity index (χ1) is 9.69. The number of carbonyl (C=O) groups excluding carboxylic acids is 1. The van der Waals surface area contributed by atoms with Crippen molar-refractivity contribution in [2.45, 2.75) is 31.7 Å². The van der Waals surface area contributed by atoms with Gasteiger partial charge in [0.1, 0.15) is 5.15 Å². The van der Waals surface area contributed by atoms with Crippen molar-refractivity contribution in [1.82, 2.24) is 10.3 Å². The third kappa shape index (κ3) is 4.32. The Balaban J connectivity index is 1.89. The Labute approximate surface area is 123 Å². The van der Waals surface area contributed by atoms with Crippen LogP contribution < -0.4 is 5.32 Å². The second-order valence-electron chi connectivity index (χ2n) is 5.09. The lowest BCUT2D eigenvalue weighted by Crippen LogP contribution is -2.42. The average molecular weight is 295 g/mol. The van der Waals surface area contributed by atoms with Crippen LogP contribution in [-0.4, -0.2) is 28.6 Å². The van der Waals surface area contributed by atoms with Gasteiger partial charge in [-0.1, -0.05) is 30.5 Å². The lowest BCUT2D eigenvalue weighted by molar-refractivity contribution is -0.117. The van der Waals surface area contributed by atoms with Crippen molar-refractivity contribution in [2.75, 3.05) is 6.61 Å². The summed E-state index contributed by atoms with van der Waals surface area (Å²) in [5, 5.41) is 12.7. The minimum atomic E-state index is -0.134. The number of rotatable bonds is 4. The van der Waals surface area contributed by atoms with Crippen molar-refractivity contribution in [3.05, 3.63) is 35.1 Å². The van der Waals surface area contributed by atoms with Gasteiger partial charge in [-0.2, -0.15) is 0 Å². The Morgan fingerprint density at radius 2 is 2.25 bits per heavy atom. The average Bonchev–Trinajstić information content (AvgIpc) is 2.47. The third-order valence-corrected chi connectivity index (χ3v) is 3.87. The molecule has 2 unspecified atom stereocenters. The SMILES string of the molecule is O=C(/C=C/c1ccc(Cl)nc1)NC1CCCCC1CO. The van der Waals surface area contributed by atoms with Crippen LogP contribution in [0.15, 0.2) is 24.4 Å². The quantitative estimate of drug-likeness (QED) is 0.662.